The molecule has 0 unspecified atom stereocenters. The van der Waals surface area contributed by atoms with Crippen LogP contribution in [0.25, 0.3) is 42.9 Å². The van der Waals surface area contributed by atoms with Gasteiger partial charge in [-0.1, -0.05) is 18.7 Å². The maximum Gasteiger partial charge on any atom is 0.322 e. The number of imidazole rings is 1. The number of pyridine rings is 1. The second kappa shape index (κ2) is 11.6. The smallest absolute Gasteiger partial charge is 0.322 e. The minimum atomic E-state index is -0.583. The normalized spacial score (nSPS) is 11.2. The molecule has 0 aliphatic rings. The van der Waals surface area contributed by atoms with Gasteiger partial charge < -0.3 is 20.4 Å². The van der Waals surface area contributed by atoms with Crippen LogP contribution < -0.4 is 15.8 Å². The van der Waals surface area contributed by atoms with Crippen LogP contribution in [0.1, 0.15) is 24.0 Å². The number of nitrogen functional groups attached to an aromatic ring is 1. The Bertz CT molecular complexity index is 2130. The van der Waals surface area contributed by atoms with Gasteiger partial charge in [0.15, 0.2) is 11.6 Å². The summed E-state index contributed by atoms with van der Waals surface area (Å²) in [4.78, 5) is 30.7. The third kappa shape index (κ3) is 5.65. The van der Waals surface area contributed by atoms with Gasteiger partial charge in [0, 0.05) is 64.0 Å². The standard InChI is InChI=1S/C34H30FN7O2S/c1-17(2)33(43)41-22-8-9-23(18(3)13-22)30-28(21-7-10-27(25(35)14-21)44-34-37-12-11-19(4)39-34)29-31(45-30)24(15-38-32(29)36)26-16-42(6)20(5)40-26/h7-16H,1H2,2-6H3,(H2,36,38)(H,41,43). The highest BCUT2D eigenvalue weighted by Crippen LogP contribution is 2.50. The van der Waals surface area contributed by atoms with E-state index in [2.05, 4.69) is 26.8 Å². The number of hydrogen-bond donors (Lipinski definition) is 2. The Balaban J connectivity index is 1.55. The van der Waals surface area contributed by atoms with Crippen LogP contribution in [0.5, 0.6) is 11.8 Å². The number of nitrogens with zero attached hydrogens (tertiary/aromatic N) is 5. The molecule has 0 aliphatic heterocycles. The number of amides is 1. The molecule has 1 amide bonds. The number of thiophene rings is 1. The maximum absolute atomic E-state index is 15.7. The van der Waals surface area contributed by atoms with Gasteiger partial charge >= 0.3 is 6.01 Å². The van der Waals surface area contributed by atoms with Crippen LogP contribution in [-0.4, -0.2) is 30.4 Å². The quantitative estimate of drug-likeness (QED) is 0.175. The number of benzene rings is 2. The lowest BCUT2D eigenvalue weighted by Crippen LogP contribution is -2.11. The summed E-state index contributed by atoms with van der Waals surface area (Å²) in [6, 6.07) is 12.2. The highest BCUT2D eigenvalue weighted by Gasteiger charge is 2.24. The highest BCUT2D eigenvalue weighted by atomic mass is 32.1. The molecule has 0 aliphatic carbocycles. The molecule has 2 aromatic carbocycles. The highest BCUT2D eigenvalue weighted by molar-refractivity contribution is 7.23. The first kappa shape index (κ1) is 29.6. The lowest BCUT2D eigenvalue weighted by Gasteiger charge is -2.12. The number of nitrogens with one attached hydrogen (secondary N) is 1. The topological polar surface area (TPSA) is 121 Å². The molecule has 4 aromatic heterocycles. The van der Waals surface area contributed by atoms with Gasteiger partial charge in [0.1, 0.15) is 11.6 Å². The summed E-state index contributed by atoms with van der Waals surface area (Å²) in [6.45, 7) is 11.1. The van der Waals surface area contributed by atoms with Crippen LogP contribution in [0.15, 0.2) is 73.2 Å². The first-order valence-corrected chi connectivity index (χ1v) is 14.9. The molecule has 0 spiro atoms. The Morgan fingerprint density at radius 2 is 1.87 bits per heavy atom. The zero-order chi connectivity index (χ0) is 32.0. The molecule has 0 atom stereocenters. The fraction of sp³-hybridized carbons (Fsp3) is 0.147. The predicted molar refractivity (Wildman–Crippen MR) is 177 cm³/mol. The molecular weight excluding hydrogens is 589 g/mol. The van der Waals surface area contributed by atoms with Gasteiger partial charge in [-0.2, -0.15) is 0 Å². The zero-order valence-corrected chi connectivity index (χ0v) is 26.2. The molecule has 6 rings (SSSR count). The number of carbonyl (C=O) groups excluding carboxylic acids is 1. The van der Waals surface area contributed by atoms with Crippen LogP contribution in [-0.2, 0) is 11.8 Å². The summed E-state index contributed by atoms with van der Waals surface area (Å²) >= 11 is 1.53. The van der Waals surface area contributed by atoms with Crippen molar-refractivity contribution in [1.82, 2.24) is 24.5 Å². The maximum atomic E-state index is 15.7. The number of fused-ring (bicyclic) bond motifs is 1. The van der Waals surface area contributed by atoms with Crippen LogP contribution in [0, 0.1) is 26.6 Å². The number of aromatic nitrogens is 5. The number of halogens is 1. The summed E-state index contributed by atoms with van der Waals surface area (Å²) < 4.78 is 24.2. The molecule has 0 fully saturated rings. The molecule has 226 valence electrons. The monoisotopic (exact) mass is 619 g/mol. The number of hydrogen-bond acceptors (Lipinski definition) is 8. The Kier molecular flexibility index (Phi) is 7.63. The molecule has 0 saturated heterocycles. The van der Waals surface area contributed by atoms with Crippen LogP contribution in [0.3, 0.4) is 0 Å². The Labute approximate surface area is 263 Å². The lowest BCUT2D eigenvalue weighted by molar-refractivity contribution is -0.112. The third-order valence-electron chi connectivity index (χ3n) is 7.44. The lowest BCUT2D eigenvalue weighted by atomic mass is 9.96. The SMILES string of the molecule is C=C(C)C(=O)Nc1ccc(-c2sc3c(-c4cn(C)c(C)n4)cnc(N)c3c2-c2ccc(Oc3nccc(C)n3)c(F)c2)c(C)c1. The van der Waals surface area contributed by atoms with Gasteiger partial charge in [0.05, 0.1) is 10.4 Å². The van der Waals surface area contributed by atoms with E-state index in [-0.39, 0.29) is 17.7 Å². The summed E-state index contributed by atoms with van der Waals surface area (Å²) in [7, 11) is 1.94. The molecule has 4 heterocycles. The van der Waals surface area contributed by atoms with E-state index in [0.717, 1.165) is 43.3 Å². The fourth-order valence-corrected chi connectivity index (χ4v) is 6.45. The number of anilines is 2. The number of rotatable bonds is 7. The average Bonchev–Trinajstić information content (AvgIpc) is 3.55. The van der Waals surface area contributed by atoms with Crippen LogP contribution >= 0.6 is 11.3 Å². The number of ether oxygens (including phenoxy) is 1. The van der Waals surface area contributed by atoms with E-state index in [1.165, 1.54) is 17.4 Å². The van der Waals surface area contributed by atoms with Crippen molar-refractivity contribution < 1.29 is 13.9 Å². The van der Waals surface area contributed by atoms with Crippen molar-refractivity contribution in [2.75, 3.05) is 11.1 Å². The Morgan fingerprint density at radius 3 is 2.53 bits per heavy atom. The molecule has 45 heavy (non-hydrogen) atoms. The molecule has 3 N–H and O–H groups in total. The van der Waals surface area contributed by atoms with Crippen molar-refractivity contribution in [2.24, 2.45) is 7.05 Å². The Hall–Kier alpha value is -5.42. The van der Waals surface area contributed by atoms with Crippen molar-refractivity contribution in [3.63, 3.8) is 0 Å². The molecular formula is C34H30FN7O2S. The van der Waals surface area contributed by atoms with Crippen LogP contribution in [0.4, 0.5) is 15.9 Å². The summed E-state index contributed by atoms with van der Waals surface area (Å²) in [5, 5.41) is 3.57. The van der Waals surface area contributed by atoms with E-state index in [1.54, 1.807) is 44.4 Å². The van der Waals surface area contributed by atoms with Crippen LogP contribution in [0.2, 0.25) is 0 Å². The zero-order valence-electron chi connectivity index (χ0n) is 25.4. The number of nitrogens with two attached hydrogens (primary N) is 1. The van der Waals surface area contributed by atoms with Gasteiger partial charge in [-0.25, -0.2) is 24.3 Å². The summed E-state index contributed by atoms with van der Waals surface area (Å²) in [5.41, 5.74) is 13.0. The minimum Gasteiger partial charge on any atom is -0.421 e. The average molecular weight is 620 g/mol. The summed E-state index contributed by atoms with van der Waals surface area (Å²) in [5.74, 6) is 0.324. The van der Waals surface area contributed by atoms with E-state index in [4.69, 9.17) is 15.5 Å². The van der Waals surface area contributed by atoms with Gasteiger partial charge in [0.2, 0.25) is 0 Å². The van der Waals surface area contributed by atoms with Crippen molar-refractivity contribution >= 4 is 38.8 Å². The second-order valence-corrected chi connectivity index (χ2v) is 11.9. The fourth-order valence-electron chi connectivity index (χ4n) is 5.01. The number of aryl methyl sites for hydroxylation is 4. The van der Waals surface area contributed by atoms with Gasteiger partial charge in [-0.3, -0.25) is 4.79 Å². The predicted octanol–water partition coefficient (Wildman–Crippen LogP) is 7.77. The first-order chi connectivity index (χ1) is 21.5. The summed E-state index contributed by atoms with van der Waals surface area (Å²) in [6.07, 6.45) is 5.23. The molecule has 0 radical (unpaired) electrons. The first-order valence-electron chi connectivity index (χ1n) is 14.1. The van der Waals surface area contributed by atoms with E-state index >= 15 is 4.39 Å². The molecule has 0 saturated carbocycles. The second-order valence-electron chi connectivity index (χ2n) is 10.8. The minimum absolute atomic E-state index is 0.00466. The van der Waals surface area contributed by atoms with Gasteiger partial charge in [-0.15, -0.1) is 11.3 Å². The van der Waals surface area contributed by atoms with Gasteiger partial charge in [-0.05, 0) is 74.7 Å². The molecule has 0 bridgehead atoms. The number of carbonyl (C=O) groups is 1. The van der Waals surface area contributed by atoms with E-state index in [1.807, 2.05) is 49.9 Å². The molecule has 11 heteroatoms. The van der Waals surface area contributed by atoms with Crippen molar-refractivity contribution in [3.05, 3.63) is 96.1 Å². The van der Waals surface area contributed by atoms with Gasteiger partial charge in [0.25, 0.3) is 5.91 Å². The van der Waals surface area contributed by atoms with E-state index in [9.17, 15) is 4.79 Å². The Morgan fingerprint density at radius 1 is 1.07 bits per heavy atom. The largest absolute Gasteiger partial charge is 0.421 e. The van der Waals surface area contributed by atoms with Crippen molar-refractivity contribution in [2.45, 2.75) is 27.7 Å². The van der Waals surface area contributed by atoms with Crippen molar-refractivity contribution in [1.29, 1.82) is 0 Å². The van der Waals surface area contributed by atoms with E-state index < -0.39 is 5.82 Å². The third-order valence-corrected chi connectivity index (χ3v) is 8.69. The van der Waals surface area contributed by atoms with E-state index in [0.29, 0.717) is 33.7 Å². The van der Waals surface area contributed by atoms with Crippen molar-refractivity contribution in [3.8, 4) is 44.6 Å². The molecule has 9 nitrogen and oxygen atoms in total. The molecule has 6 aromatic rings.